The van der Waals surface area contributed by atoms with Gasteiger partial charge in [0.1, 0.15) is 17.5 Å². The summed E-state index contributed by atoms with van der Waals surface area (Å²) < 4.78 is 10.4. The van der Waals surface area contributed by atoms with E-state index < -0.39 is 6.04 Å². The van der Waals surface area contributed by atoms with Crippen LogP contribution >= 0.6 is 23.2 Å². The summed E-state index contributed by atoms with van der Waals surface area (Å²) in [5.41, 5.74) is 0.903. The lowest BCUT2D eigenvalue weighted by molar-refractivity contribution is -0.121. The van der Waals surface area contributed by atoms with E-state index in [-0.39, 0.29) is 18.2 Å². The first-order valence-corrected chi connectivity index (χ1v) is 8.50. The van der Waals surface area contributed by atoms with Crippen molar-refractivity contribution >= 4 is 46.4 Å². The van der Waals surface area contributed by atoms with Crippen molar-refractivity contribution in [2.24, 2.45) is 0 Å². The van der Waals surface area contributed by atoms with E-state index in [0.717, 1.165) is 4.90 Å². The highest BCUT2D eigenvalue weighted by atomic mass is 35.5. The number of methoxy groups -OCH3 is 2. The predicted molar refractivity (Wildman–Crippen MR) is 101 cm³/mol. The second kappa shape index (κ2) is 7.43. The summed E-state index contributed by atoms with van der Waals surface area (Å²) in [5, 5.41) is 3.87. The fraction of sp³-hybridized carbons (Fsp3) is 0.222. The molecule has 1 saturated heterocycles. The third kappa shape index (κ3) is 3.43. The van der Waals surface area contributed by atoms with Gasteiger partial charge in [0.2, 0.25) is 5.91 Å². The van der Waals surface area contributed by atoms with Crippen molar-refractivity contribution < 1.29 is 19.1 Å². The van der Waals surface area contributed by atoms with Crippen molar-refractivity contribution in [1.29, 1.82) is 0 Å². The summed E-state index contributed by atoms with van der Waals surface area (Å²) in [7, 11) is 2.99. The van der Waals surface area contributed by atoms with Crippen molar-refractivity contribution in [2.45, 2.75) is 12.5 Å². The van der Waals surface area contributed by atoms with E-state index in [1.54, 1.807) is 36.4 Å². The maximum absolute atomic E-state index is 12.8. The van der Waals surface area contributed by atoms with Crippen molar-refractivity contribution in [2.75, 3.05) is 24.4 Å². The van der Waals surface area contributed by atoms with E-state index in [4.69, 9.17) is 32.7 Å². The molecule has 0 radical (unpaired) electrons. The summed E-state index contributed by atoms with van der Waals surface area (Å²) in [6, 6.07) is 9.05. The number of halogens is 2. The van der Waals surface area contributed by atoms with Gasteiger partial charge in [-0.15, -0.1) is 0 Å². The molecule has 2 aromatic carbocycles. The molecule has 1 heterocycles. The third-order valence-electron chi connectivity index (χ3n) is 4.04. The molecular formula is C18H16Cl2N2O4. The molecule has 1 fully saturated rings. The number of nitrogens with one attached hydrogen (secondary N) is 1. The van der Waals surface area contributed by atoms with Crippen molar-refractivity contribution in [3.8, 4) is 11.5 Å². The quantitative estimate of drug-likeness (QED) is 0.781. The number of hydrogen-bond acceptors (Lipinski definition) is 5. The summed E-state index contributed by atoms with van der Waals surface area (Å²) >= 11 is 12.0. The molecular weight excluding hydrogens is 379 g/mol. The Hall–Kier alpha value is -2.44. The lowest BCUT2D eigenvalue weighted by atomic mass is 10.2. The van der Waals surface area contributed by atoms with Crippen LogP contribution in [0.15, 0.2) is 36.4 Å². The Morgan fingerprint density at radius 2 is 1.85 bits per heavy atom. The van der Waals surface area contributed by atoms with Gasteiger partial charge in [-0.2, -0.15) is 0 Å². The molecule has 0 aromatic heterocycles. The van der Waals surface area contributed by atoms with Gasteiger partial charge in [0.15, 0.2) is 0 Å². The standard InChI is InChI=1S/C18H16Cl2N2O4/c1-25-11-4-6-15(16(8-11)26-2)22-17(23)9-14(18(22)24)21-13-5-3-10(19)7-12(13)20/h3-8,14,21H,9H2,1-2H3/t14-/m1/s1. The fourth-order valence-corrected chi connectivity index (χ4v) is 3.22. The Kier molecular flexibility index (Phi) is 5.25. The third-order valence-corrected chi connectivity index (χ3v) is 4.58. The first-order valence-electron chi connectivity index (χ1n) is 7.75. The van der Waals surface area contributed by atoms with Gasteiger partial charge in [0.25, 0.3) is 5.91 Å². The fourth-order valence-electron chi connectivity index (χ4n) is 2.76. The average Bonchev–Trinajstić information content (AvgIpc) is 2.90. The maximum Gasteiger partial charge on any atom is 0.256 e. The average molecular weight is 395 g/mol. The molecule has 0 bridgehead atoms. The van der Waals surface area contributed by atoms with Crippen LogP contribution in [0.3, 0.4) is 0 Å². The molecule has 2 amide bonds. The Labute approximate surface area is 160 Å². The van der Waals surface area contributed by atoms with Gasteiger partial charge >= 0.3 is 0 Å². The van der Waals surface area contributed by atoms with Crippen LogP contribution in [0, 0.1) is 0 Å². The minimum Gasteiger partial charge on any atom is -0.497 e. The number of rotatable bonds is 5. The number of amides is 2. The lowest BCUT2D eigenvalue weighted by Gasteiger charge is -2.19. The smallest absolute Gasteiger partial charge is 0.256 e. The Bertz CT molecular complexity index is 872. The van der Waals surface area contributed by atoms with Crippen LogP contribution in [0.1, 0.15) is 6.42 Å². The molecule has 1 N–H and O–H groups in total. The van der Waals surface area contributed by atoms with Crippen LogP contribution in [0.4, 0.5) is 11.4 Å². The number of imide groups is 1. The van der Waals surface area contributed by atoms with Crippen LogP contribution in [0.5, 0.6) is 11.5 Å². The molecule has 3 rings (SSSR count). The van der Waals surface area contributed by atoms with E-state index in [2.05, 4.69) is 5.32 Å². The number of hydrogen-bond donors (Lipinski definition) is 1. The van der Waals surface area contributed by atoms with Crippen LogP contribution in [-0.2, 0) is 9.59 Å². The monoisotopic (exact) mass is 394 g/mol. The summed E-state index contributed by atoms with van der Waals surface area (Å²) in [5.74, 6) is 0.217. The molecule has 0 saturated carbocycles. The summed E-state index contributed by atoms with van der Waals surface area (Å²) in [6.45, 7) is 0. The van der Waals surface area contributed by atoms with Crippen molar-refractivity contribution in [3.05, 3.63) is 46.4 Å². The number of carbonyl (C=O) groups excluding carboxylic acids is 2. The zero-order valence-corrected chi connectivity index (χ0v) is 15.6. The second-order valence-corrected chi connectivity index (χ2v) is 6.47. The normalized spacial score (nSPS) is 16.8. The summed E-state index contributed by atoms with van der Waals surface area (Å²) in [4.78, 5) is 26.4. The van der Waals surface area contributed by atoms with Gasteiger partial charge in [0.05, 0.1) is 37.0 Å². The number of nitrogens with zero attached hydrogens (tertiary/aromatic N) is 1. The van der Waals surface area contributed by atoms with Gasteiger partial charge in [-0.3, -0.25) is 9.59 Å². The zero-order chi connectivity index (χ0) is 18.8. The van der Waals surface area contributed by atoms with E-state index in [1.165, 1.54) is 14.2 Å². The lowest BCUT2D eigenvalue weighted by Crippen LogP contribution is -2.35. The largest absolute Gasteiger partial charge is 0.497 e. The molecule has 1 aliphatic heterocycles. The van der Waals surface area contributed by atoms with Gasteiger partial charge in [0, 0.05) is 11.1 Å². The number of carbonyl (C=O) groups is 2. The first-order chi connectivity index (χ1) is 12.4. The predicted octanol–water partition coefficient (Wildman–Crippen LogP) is 3.75. The van der Waals surface area contributed by atoms with Crippen molar-refractivity contribution in [3.63, 3.8) is 0 Å². The minimum absolute atomic E-state index is 0.00692. The van der Waals surface area contributed by atoms with Crippen LogP contribution in [-0.4, -0.2) is 32.1 Å². The van der Waals surface area contributed by atoms with Crippen LogP contribution < -0.4 is 19.7 Å². The maximum atomic E-state index is 12.8. The molecule has 1 atom stereocenters. The molecule has 0 spiro atoms. The van der Waals surface area contributed by atoms with Crippen LogP contribution in [0.2, 0.25) is 10.0 Å². The highest BCUT2D eigenvalue weighted by Crippen LogP contribution is 2.36. The molecule has 2 aromatic rings. The second-order valence-electron chi connectivity index (χ2n) is 5.63. The van der Waals surface area contributed by atoms with Gasteiger partial charge < -0.3 is 14.8 Å². The summed E-state index contributed by atoms with van der Waals surface area (Å²) in [6.07, 6.45) is 0.00692. The van der Waals surface area contributed by atoms with E-state index in [9.17, 15) is 9.59 Å². The van der Waals surface area contributed by atoms with Gasteiger partial charge in [-0.1, -0.05) is 23.2 Å². The van der Waals surface area contributed by atoms with E-state index in [1.807, 2.05) is 0 Å². The molecule has 136 valence electrons. The van der Waals surface area contributed by atoms with Crippen molar-refractivity contribution in [1.82, 2.24) is 0 Å². The van der Waals surface area contributed by atoms with E-state index >= 15 is 0 Å². The Morgan fingerprint density at radius 3 is 2.50 bits per heavy atom. The minimum atomic E-state index is -0.729. The first kappa shape index (κ1) is 18.4. The van der Waals surface area contributed by atoms with E-state index in [0.29, 0.717) is 32.9 Å². The molecule has 26 heavy (non-hydrogen) atoms. The van der Waals surface area contributed by atoms with Gasteiger partial charge in [-0.25, -0.2) is 4.90 Å². The highest BCUT2D eigenvalue weighted by molar-refractivity contribution is 6.36. The SMILES string of the molecule is COc1ccc(N2C(=O)C[C@@H](Nc3ccc(Cl)cc3Cl)C2=O)c(OC)c1. The van der Waals surface area contributed by atoms with Gasteiger partial charge in [-0.05, 0) is 30.3 Å². The number of ether oxygens (including phenoxy) is 2. The van der Waals surface area contributed by atoms with Crippen LogP contribution in [0.25, 0.3) is 0 Å². The zero-order valence-electron chi connectivity index (χ0n) is 14.1. The topological polar surface area (TPSA) is 67.9 Å². The number of anilines is 2. The Balaban J connectivity index is 1.87. The molecule has 0 aliphatic carbocycles. The molecule has 8 heteroatoms. The molecule has 1 aliphatic rings. The highest BCUT2D eigenvalue weighted by Gasteiger charge is 2.41. The number of benzene rings is 2. The molecule has 6 nitrogen and oxygen atoms in total. The Morgan fingerprint density at radius 1 is 1.08 bits per heavy atom. The molecule has 0 unspecified atom stereocenters.